The molecule has 6 rings (SSSR count). The predicted molar refractivity (Wildman–Crippen MR) is 333 cm³/mol. The number of nitrogens with zero attached hydrogens (tertiary/aromatic N) is 3. The van der Waals surface area contributed by atoms with Gasteiger partial charge in [-0.2, -0.15) is 0 Å². The zero-order valence-electron chi connectivity index (χ0n) is 59.0. The van der Waals surface area contributed by atoms with Crippen LogP contribution >= 0.6 is 0 Å². The van der Waals surface area contributed by atoms with Crippen molar-refractivity contribution in [2.45, 2.75) is 196 Å². The highest BCUT2D eigenvalue weighted by Crippen LogP contribution is 2.43. The fourth-order valence-electron chi connectivity index (χ4n) is 15.0. The lowest BCUT2D eigenvalue weighted by Crippen LogP contribution is -2.80. The Labute approximate surface area is 562 Å². The predicted octanol–water partition coefficient (Wildman–Crippen LogP) is -3.10. The van der Waals surface area contributed by atoms with Crippen LogP contribution in [-0.2, 0) is 118 Å². The summed E-state index contributed by atoms with van der Waals surface area (Å²) >= 11 is 0. The average Bonchev–Trinajstić information content (AvgIpc) is 0.743. The number of aliphatic hydroxyl groups excluding tert-OH is 2. The summed E-state index contributed by atoms with van der Waals surface area (Å²) in [7, 11) is 26.9. The zero-order chi connectivity index (χ0) is 71.4. The number of carbonyl (C=O) groups is 1. The Morgan fingerprint density at radius 2 is 0.802 bits per heavy atom. The molecule has 35 heteroatoms. The molecule has 96 heavy (non-hydrogen) atoms. The van der Waals surface area contributed by atoms with Gasteiger partial charge < -0.3 is 150 Å². The van der Waals surface area contributed by atoms with Crippen LogP contribution in [0.15, 0.2) is 5.11 Å². The van der Waals surface area contributed by atoms with Gasteiger partial charge in [0.05, 0.1) is 100 Å². The number of hydrogen-bond acceptors (Lipinski definition) is 32. The second-order valence-electron chi connectivity index (χ2n) is 24.1. The number of aliphatic hydroxyl groups is 4. The molecule has 32 atom stereocenters. The lowest BCUT2D eigenvalue weighted by atomic mass is 9.66. The van der Waals surface area contributed by atoms with Crippen molar-refractivity contribution >= 4 is 5.91 Å². The molecule has 0 aromatic heterocycles. The van der Waals surface area contributed by atoms with Crippen LogP contribution in [0.1, 0.15) is 13.8 Å². The molecule has 35 nitrogen and oxygen atoms in total. The minimum atomic E-state index is -1.86. The monoisotopic (exact) mass is 1390 g/mol. The lowest BCUT2D eigenvalue weighted by Gasteiger charge is -2.56. The van der Waals surface area contributed by atoms with Crippen LogP contribution < -0.4 is 16.0 Å². The van der Waals surface area contributed by atoms with Crippen molar-refractivity contribution in [3.05, 3.63) is 10.4 Å². The Bertz CT molecular complexity index is 2350. The zero-order valence-corrected chi connectivity index (χ0v) is 59.0. The van der Waals surface area contributed by atoms with E-state index in [0.29, 0.717) is 0 Å². The first-order valence-corrected chi connectivity index (χ1v) is 31.5. The quantitative estimate of drug-likeness (QED) is 0.0145. The highest BCUT2D eigenvalue weighted by molar-refractivity contribution is 5.93. The summed E-state index contributed by atoms with van der Waals surface area (Å²) < 4.78 is 141. The van der Waals surface area contributed by atoms with E-state index in [1.54, 1.807) is 21.3 Å². The minimum Gasteiger partial charge on any atom is -0.396 e. The minimum absolute atomic E-state index is 0.156. The number of ether oxygens (including phenoxy) is 24. The van der Waals surface area contributed by atoms with Crippen LogP contribution in [0.25, 0.3) is 10.4 Å². The van der Waals surface area contributed by atoms with E-state index in [4.69, 9.17) is 120 Å². The number of rotatable bonds is 34. The molecular weight excluding hydrogens is 1280 g/mol. The molecule has 0 bridgehead atoms. The number of azide groups is 1. The first-order valence-electron chi connectivity index (χ1n) is 31.5. The second kappa shape index (κ2) is 40.1. The summed E-state index contributed by atoms with van der Waals surface area (Å²) in [5.41, 5.74) is 5.89. The molecule has 0 aromatic carbocycles. The molecule has 0 spiro atoms. The van der Waals surface area contributed by atoms with Gasteiger partial charge in [0, 0.05) is 151 Å². The van der Waals surface area contributed by atoms with Crippen LogP contribution in [0.2, 0.25) is 0 Å². The third-order valence-electron chi connectivity index (χ3n) is 19.4. The summed E-state index contributed by atoms with van der Waals surface area (Å²) in [6, 6.07) is -5.34. The molecular formula is C61H110N6O29. The largest absolute Gasteiger partial charge is 0.396 e. The fourth-order valence-corrected chi connectivity index (χ4v) is 15.0. The van der Waals surface area contributed by atoms with Crippen molar-refractivity contribution in [2.24, 2.45) is 17.0 Å². The van der Waals surface area contributed by atoms with Crippen LogP contribution in [-0.4, -0.2) is 376 Å². The molecule has 0 aromatic rings. The van der Waals surface area contributed by atoms with Gasteiger partial charge in [-0.3, -0.25) is 4.79 Å². The van der Waals surface area contributed by atoms with Gasteiger partial charge in [-0.25, -0.2) is 0 Å². The summed E-state index contributed by atoms with van der Waals surface area (Å²) in [6.45, 7) is 2.44. The van der Waals surface area contributed by atoms with Crippen molar-refractivity contribution in [1.29, 1.82) is 0 Å². The maximum absolute atomic E-state index is 12.7. The molecule has 0 radical (unpaired) electrons. The van der Waals surface area contributed by atoms with E-state index in [1.165, 1.54) is 107 Å². The molecule has 4 saturated heterocycles. The van der Waals surface area contributed by atoms with Crippen LogP contribution in [0.4, 0.5) is 0 Å². The number of hydrogen-bond donors (Lipinski definition) is 7. The van der Waals surface area contributed by atoms with E-state index in [1.807, 2.05) is 19.8 Å². The van der Waals surface area contributed by atoms with Gasteiger partial charge in [-0.05, 0) is 25.3 Å². The maximum atomic E-state index is 12.7. The van der Waals surface area contributed by atoms with Gasteiger partial charge >= 0.3 is 0 Å². The van der Waals surface area contributed by atoms with E-state index < -0.39 is 213 Å². The normalized spacial score (nSPS) is 43.5. The third kappa shape index (κ3) is 17.8. The van der Waals surface area contributed by atoms with Gasteiger partial charge in [0.1, 0.15) is 90.6 Å². The lowest BCUT2D eigenvalue weighted by molar-refractivity contribution is -0.355. The number of terminal acetylenes is 1. The van der Waals surface area contributed by atoms with Gasteiger partial charge in [0.15, 0.2) is 25.2 Å². The SMILES string of the molecule is C#CC(=O)NC1[C@@H](N[C@H]2C(C)O[C@@H](O[C@H]3C(COC)O[C@@H](OC)C(OC)[C@@H]3OC)C(OC)[C@@H]2OC)C(OC)[C@H](OC)[C@@H](CO)C1(O)COC.COCC1O[C@@H](OC)C(OC)[C@H](OC)[C@H]1O[C@@H]1OC(C)[C@H](N[C@H]2C(OC)[C@H](OC)[C@@H](CO)C(O)(COC)C2N=[N+]=[N-])[C@@H](OC)C1OC. The van der Waals surface area contributed by atoms with Gasteiger partial charge in [0.25, 0.3) is 5.91 Å². The van der Waals surface area contributed by atoms with Gasteiger partial charge in [0.2, 0.25) is 0 Å². The standard InChI is InChI=1S/C32H56N2O15.C29H54N4O14/c1-12-19(36)33-29-21(25(42-7)22(40-5)17(13-35)32(29,37)15-39-4)34-20-16(2)47-31(27(44-9)24(20)41-6)49-23-18(14-38-3)48-30(46-11)28(45-10)26(23)43-8;1-14-17(31-18-22(40-6)19(38-4)15(11-34)29(35,13-37-3)26(18)32-33-30)21(39-5)24(42-8)28(45-14)47-20-16(12-36-2)46-27(44-10)25(43-9)23(20)41-7/h1,16-18,20-31,34-35,37H,13-15H2,2-11H3,(H,33,36);14-28,31,34-35H,11-13H2,1-10H3/t16?,17-,18?,20+,21+,22-,23+,24-,25?,26-,27?,28?,29?,30-,31+,32?;14?,15-,16?,17+,18+,19-,20+,21-,22?,23-,24?,25?,26?,27-,28+,29?/m11/s1. The average molecular weight is 1390 g/mol. The van der Waals surface area contributed by atoms with E-state index in [-0.39, 0.29) is 26.4 Å². The third-order valence-corrected chi connectivity index (χ3v) is 19.4. The Balaban J connectivity index is 0.000000348. The Hall–Kier alpha value is -2.86. The first-order chi connectivity index (χ1) is 46.2. The van der Waals surface area contributed by atoms with Crippen LogP contribution in [0.5, 0.6) is 0 Å². The molecule has 4 aliphatic heterocycles. The topological polar surface area (TPSA) is 404 Å². The molecule has 558 valence electrons. The van der Waals surface area contributed by atoms with Crippen molar-refractivity contribution in [3.63, 3.8) is 0 Å². The fraction of sp³-hybridized carbons (Fsp3) is 0.951. The van der Waals surface area contributed by atoms with E-state index >= 15 is 0 Å². The molecule has 1 amide bonds. The Morgan fingerprint density at radius 1 is 0.458 bits per heavy atom. The summed E-state index contributed by atoms with van der Waals surface area (Å²) in [5, 5.41) is 58.6. The van der Waals surface area contributed by atoms with Crippen molar-refractivity contribution in [2.75, 3.05) is 168 Å². The van der Waals surface area contributed by atoms with E-state index in [2.05, 4.69) is 26.0 Å². The maximum Gasteiger partial charge on any atom is 0.296 e. The van der Waals surface area contributed by atoms with Crippen molar-refractivity contribution in [3.8, 4) is 12.3 Å². The summed E-state index contributed by atoms with van der Waals surface area (Å²) in [6.07, 6.45) is -10.9. The summed E-state index contributed by atoms with van der Waals surface area (Å²) in [4.78, 5) is 15.7. The van der Waals surface area contributed by atoms with Gasteiger partial charge in [-0.15, -0.1) is 6.42 Å². The molecule has 6 aliphatic rings. The van der Waals surface area contributed by atoms with Crippen molar-refractivity contribution < 1.29 is 139 Å². The van der Waals surface area contributed by atoms with Gasteiger partial charge in [-0.1, -0.05) is 5.11 Å². The van der Waals surface area contributed by atoms with Crippen LogP contribution in [0.3, 0.4) is 0 Å². The number of carbonyl (C=O) groups excluding carboxylic acids is 1. The summed E-state index contributed by atoms with van der Waals surface area (Å²) in [5.74, 6) is -0.598. The number of methoxy groups -OCH3 is 18. The molecule has 7 N–H and O–H groups in total. The highest BCUT2D eigenvalue weighted by Gasteiger charge is 2.64. The Kier molecular flexibility index (Phi) is 35.0. The molecule has 14 unspecified atom stereocenters. The second-order valence-corrected chi connectivity index (χ2v) is 24.1. The van der Waals surface area contributed by atoms with Crippen molar-refractivity contribution in [1.82, 2.24) is 16.0 Å². The first kappa shape index (κ1) is 83.8. The Morgan fingerprint density at radius 3 is 1.14 bits per heavy atom. The van der Waals surface area contributed by atoms with E-state index in [9.17, 15) is 30.8 Å². The highest BCUT2D eigenvalue weighted by atomic mass is 16.8. The van der Waals surface area contributed by atoms with E-state index in [0.717, 1.165) is 0 Å². The van der Waals surface area contributed by atoms with Crippen LogP contribution in [0, 0.1) is 24.2 Å². The number of amides is 1. The number of nitrogens with one attached hydrogen (secondary N) is 3. The smallest absolute Gasteiger partial charge is 0.296 e. The molecule has 2 saturated carbocycles. The molecule has 4 heterocycles. The molecule has 2 aliphatic carbocycles. The molecule has 6 fully saturated rings.